The van der Waals surface area contributed by atoms with Crippen LogP contribution >= 0.6 is 0 Å². The number of carboxylic acids is 3. The van der Waals surface area contributed by atoms with Crippen LogP contribution in [0.2, 0.25) is 0 Å². The van der Waals surface area contributed by atoms with E-state index in [2.05, 4.69) is 0 Å². The van der Waals surface area contributed by atoms with Crippen LogP contribution in [0.25, 0.3) is 33.4 Å². The van der Waals surface area contributed by atoms with Crippen LogP contribution in [0.15, 0.2) is 106 Å². The first-order valence-corrected chi connectivity index (χ1v) is 23.8. The van der Waals surface area contributed by atoms with Gasteiger partial charge in [-0.1, -0.05) is 64.1 Å². The molecule has 0 aromatic heterocycles. The first-order valence-electron chi connectivity index (χ1n) is 23.8. The summed E-state index contributed by atoms with van der Waals surface area (Å²) in [6.07, 6.45) is 2.30. The van der Waals surface area contributed by atoms with Gasteiger partial charge in [0.25, 0.3) is 11.9 Å². The Morgan fingerprint density at radius 2 is 0.973 bits per heavy atom. The van der Waals surface area contributed by atoms with Gasteiger partial charge in [-0.15, -0.1) is 0 Å². The van der Waals surface area contributed by atoms with Crippen LogP contribution in [0.3, 0.4) is 0 Å². The van der Waals surface area contributed by atoms with Gasteiger partial charge in [-0.2, -0.15) is 0 Å². The molecule has 4 aliphatic rings. The molecule has 0 amide bonds. The summed E-state index contributed by atoms with van der Waals surface area (Å²) in [6.45, 7) is 13.9. The number of hydrogen-bond donors (Lipinski definition) is 3. The minimum Gasteiger partial charge on any atom is -0.481 e. The fraction of sp³-hybridized carbons (Fsp3) is 0.241. The number of benzene rings is 6. The average molecular weight is 1020 g/mol. The molecule has 388 valence electrons. The number of carboxylic acid groups (broad SMARTS) is 3. The Morgan fingerprint density at radius 1 is 0.520 bits per heavy atom. The molecule has 5 aromatic carbocycles. The summed E-state index contributed by atoms with van der Waals surface area (Å²) in [7, 11) is 0. The van der Waals surface area contributed by atoms with Crippen LogP contribution < -0.4 is 24.4 Å². The second kappa shape index (κ2) is 23.2. The molecule has 3 aliphatic heterocycles. The number of aromatic carboxylic acids is 1. The molecule has 3 heterocycles. The molecule has 17 nitrogen and oxygen atoms in total. The maximum absolute atomic E-state index is 13.1. The van der Waals surface area contributed by atoms with E-state index in [1.54, 1.807) is 60.7 Å². The van der Waals surface area contributed by atoms with Gasteiger partial charge in [0.15, 0.2) is 11.0 Å². The van der Waals surface area contributed by atoms with Crippen molar-refractivity contribution in [3.05, 3.63) is 157 Å². The van der Waals surface area contributed by atoms with Gasteiger partial charge >= 0.3 is 29.8 Å². The van der Waals surface area contributed by atoms with Crippen molar-refractivity contribution in [2.75, 3.05) is 0 Å². The third kappa shape index (κ3) is 11.7. The lowest BCUT2D eigenvalue weighted by Crippen LogP contribution is -2.33. The quantitative estimate of drug-likeness (QED) is 0.0690. The maximum Gasteiger partial charge on any atom is 0.340 e. The van der Waals surface area contributed by atoms with E-state index in [1.165, 1.54) is 26.8 Å². The number of carbonyl (C=O) groups is 7. The van der Waals surface area contributed by atoms with Crippen molar-refractivity contribution in [1.82, 2.24) is 0 Å². The van der Waals surface area contributed by atoms with Gasteiger partial charge < -0.3 is 43.4 Å². The summed E-state index contributed by atoms with van der Waals surface area (Å²) in [5.74, 6) is -2.28. The van der Waals surface area contributed by atoms with Crippen LogP contribution in [0.5, 0.6) is 28.7 Å². The van der Waals surface area contributed by atoms with Crippen molar-refractivity contribution in [2.45, 2.75) is 93.6 Å². The molecule has 17 heteroatoms. The molecule has 1 aliphatic carbocycles. The lowest BCUT2D eigenvalue weighted by atomic mass is 9.76. The lowest BCUT2D eigenvalue weighted by molar-refractivity contribution is -0.135. The number of hydrogen-bond acceptors (Lipinski definition) is 14. The van der Waals surface area contributed by atoms with Crippen molar-refractivity contribution < 1.29 is 77.0 Å². The maximum atomic E-state index is 13.1. The van der Waals surface area contributed by atoms with Gasteiger partial charge in [-0.3, -0.25) is 28.8 Å². The van der Waals surface area contributed by atoms with Crippen molar-refractivity contribution >= 4 is 52.8 Å². The molecular formula is C58H54O17. The molecule has 0 bridgehead atoms. The Kier molecular flexibility index (Phi) is 17.1. The highest BCUT2D eigenvalue weighted by molar-refractivity contribution is 6.08. The smallest absolute Gasteiger partial charge is 0.340 e. The molecule has 0 radical (unpaired) electrons. The largest absolute Gasteiger partial charge is 0.481 e. The molecule has 0 unspecified atom stereocenters. The van der Waals surface area contributed by atoms with Gasteiger partial charge in [0.2, 0.25) is 0 Å². The standard InChI is InChI=1S/C28H24O7.C26H22O6.2C2H4O2/c1-5-17-11-21-25(13-23(17)32-15(3)29)34-26-14-24(33-16(4)30)18(6-2)12-22(26)28(21)20-10-8-7-9-19(20)27(31)35-28;1-4-15-10-19-23(12-21(15)28)32-24-13-22(31-14(3)27)16(5-2)11-20(24)25(19)17-8-6-7-9-18(17)26(29)30;2*1-2(3)4/h7-14H,5-6H2,1-4H3;6-13H,4-5H2,1-3H3,(H,29,30);2*1H3,(H,3,4). The zero-order valence-electron chi connectivity index (χ0n) is 42.6. The van der Waals surface area contributed by atoms with Crippen molar-refractivity contribution in [3.63, 3.8) is 0 Å². The predicted molar refractivity (Wildman–Crippen MR) is 274 cm³/mol. The first kappa shape index (κ1) is 55.2. The van der Waals surface area contributed by atoms with Crippen molar-refractivity contribution in [3.8, 4) is 51.2 Å². The number of esters is 4. The zero-order valence-corrected chi connectivity index (χ0v) is 42.6. The molecular weight excluding hydrogens is 969 g/mol. The van der Waals surface area contributed by atoms with Crippen LogP contribution in [0.1, 0.15) is 122 Å². The van der Waals surface area contributed by atoms with E-state index in [9.17, 15) is 33.9 Å². The second-order valence-corrected chi connectivity index (χ2v) is 17.1. The van der Waals surface area contributed by atoms with Gasteiger partial charge in [0.05, 0.1) is 11.1 Å². The minimum atomic E-state index is -1.27. The fourth-order valence-electron chi connectivity index (χ4n) is 8.88. The van der Waals surface area contributed by atoms with Gasteiger partial charge in [-0.25, -0.2) is 9.59 Å². The van der Waals surface area contributed by atoms with Gasteiger partial charge in [0.1, 0.15) is 40.1 Å². The summed E-state index contributed by atoms with van der Waals surface area (Å²) in [6, 6.07) is 27.8. The summed E-state index contributed by atoms with van der Waals surface area (Å²) >= 11 is 0. The van der Waals surface area contributed by atoms with Crippen LogP contribution in [-0.2, 0) is 60.0 Å². The SMILES string of the molecule is CC(=O)O.CC(=O)O.CCc1cc2c(-c3ccccc3C(=O)O)c3cc(CC)c(=O)cc-3oc2cc1OC(C)=O.CCc1cc2c(cc1OC(C)=O)Oc1cc(OC(C)=O)c(CC)cc1C21OC(=O)c2ccccc21. The Balaban J connectivity index is 0.000000214. The predicted octanol–water partition coefficient (Wildman–Crippen LogP) is 10.7. The van der Waals surface area contributed by atoms with Gasteiger partial charge in [-0.05, 0) is 84.3 Å². The van der Waals surface area contributed by atoms with Crippen LogP contribution in [0.4, 0.5) is 0 Å². The lowest BCUT2D eigenvalue weighted by Gasteiger charge is -2.37. The Hall–Kier alpha value is -9.12. The van der Waals surface area contributed by atoms with E-state index in [-0.39, 0.29) is 11.0 Å². The number of aliphatic carboxylic acids is 2. The number of aryl methyl sites for hydroxylation is 4. The Morgan fingerprint density at radius 3 is 1.45 bits per heavy atom. The number of carbonyl (C=O) groups excluding carboxylic acids is 4. The zero-order chi connectivity index (χ0) is 55.1. The summed E-state index contributed by atoms with van der Waals surface area (Å²) in [5, 5.41) is 25.3. The third-order valence-electron chi connectivity index (χ3n) is 11.9. The molecule has 9 rings (SSSR count). The molecule has 75 heavy (non-hydrogen) atoms. The molecule has 3 N–H and O–H groups in total. The van der Waals surface area contributed by atoms with Crippen LogP contribution in [0, 0.1) is 0 Å². The molecule has 5 aromatic rings. The summed E-state index contributed by atoms with van der Waals surface area (Å²) < 4.78 is 34.8. The van der Waals surface area contributed by atoms with E-state index in [1.807, 2.05) is 58.0 Å². The Bertz CT molecular complexity index is 3360. The van der Waals surface area contributed by atoms with E-state index >= 15 is 0 Å². The monoisotopic (exact) mass is 1020 g/mol. The molecule has 0 atom stereocenters. The van der Waals surface area contributed by atoms with E-state index < -0.39 is 47.4 Å². The molecule has 0 fully saturated rings. The highest BCUT2D eigenvalue weighted by atomic mass is 16.6. The summed E-state index contributed by atoms with van der Waals surface area (Å²) in [5.41, 5.74) is 6.36. The van der Waals surface area contributed by atoms with E-state index in [0.29, 0.717) is 116 Å². The van der Waals surface area contributed by atoms with Crippen molar-refractivity contribution in [2.24, 2.45) is 0 Å². The average Bonchev–Trinajstić information content (AvgIpc) is 3.66. The number of fused-ring (bicyclic) bond motifs is 8. The minimum absolute atomic E-state index is 0.146. The van der Waals surface area contributed by atoms with E-state index in [0.717, 1.165) is 30.5 Å². The van der Waals surface area contributed by atoms with Crippen molar-refractivity contribution in [1.29, 1.82) is 0 Å². The van der Waals surface area contributed by atoms with E-state index in [4.69, 9.17) is 47.9 Å². The highest BCUT2D eigenvalue weighted by Crippen LogP contribution is 2.58. The highest BCUT2D eigenvalue weighted by Gasteiger charge is 2.54. The van der Waals surface area contributed by atoms with Gasteiger partial charge in [0, 0.05) is 97.7 Å². The third-order valence-corrected chi connectivity index (χ3v) is 11.9. The first-order chi connectivity index (χ1) is 35.6. The normalized spacial score (nSPS) is 12.1. The summed E-state index contributed by atoms with van der Waals surface area (Å²) in [4.78, 5) is 90.7. The second-order valence-electron chi connectivity index (χ2n) is 17.1. The number of ether oxygens (including phenoxy) is 5. The molecule has 1 spiro atoms. The van der Waals surface area contributed by atoms with Crippen LogP contribution in [-0.4, -0.2) is 57.1 Å². The molecule has 0 saturated carbocycles. The number of rotatable bonds is 9. The Labute approximate surface area is 430 Å². The molecule has 0 saturated heterocycles. The fourth-order valence-corrected chi connectivity index (χ4v) is 8.88. The topological polar surface area (TPSA) is 257 Å².